The van der Waals surface area contributed by atoms with Gasteiger partial charge in [-0.15, -0.1) is 0 Å². The van der Waals surface area contributed by atoms with E-state index in [2.05, 4.69) is 28.5 Å². The van der Waals surface area contributed by atoms with Crippen LogP contribution in [0.25, 0.3) is 22.0 Å². The molecule has 17 nitrogen and oxygen atoms in total. The van der Waals surface area contributed by atoms with Gasteiger partial charge in [-0.1, -0.05) is 41.9 Å². The summed E-state index contributed by atoms with van der Waals surface area (Å²) in [6, 6.07) is 14.2. The average molecular weight is 983 g/mol. The topological polar surface area (TPSA) is 196 Å². The predicted octanol–water partition coefficient (Wildman–Crippen LogP) is 6.68. The standard InChI is InChI=1S/C52H64ClN7O10/c1-33-10-6-14-42(45(33)51(64)59(32-61)43-15-16-44(62)55-50(43)63)54-17-25-68-29-28-67-23-9-18-60-37(5)46(36(4)56-60)41-12-7-11-39-40(13-8-24-70-38-30-34(2)47(53)35(3)31-38)49(52(65)66)58(48(39)41)20-19-57-21-26-69-27-22-57/h6-7,10-12,14,30-32,43,54H,8-9,13,15-29H2,1-5H3,(H,65,66)(H,55,62,63). The first-order valence-electron chi connectivity index (χ1n) is 24.0. The number of carbonyl (C=O) groups excluding carboxylic acids is 4. The molecule has 2 aromatic heterocycles. The van der Waals surface area contributed by atoms with Crippen molar-refractivity contribution in [1.82, 2.24) is 29.5 Å². The molecule has 0 aliphatic carbocycles. The van der Waals surface area contributed by atoms with Crippen LogP contribution in [0.15, 0.2) is 48.5 Å². The third kappa shape index (κ3) is 12.1. The molecule has 3 N–H and O–H groups in total. The van der Waals surface area contributed by atoms with Gasteiger partial charge in [0.2, 0.25) is 18.2 Å². The number of aromatic nitrogens is 3. The summed E-state index contributed by atoms with van der Waals surface area (Å²) in [4.78, 5) is 66.1. The maximum Gasteiger partial charge on any atom is 0.352 e. The highest BCUT2D eigenvalue weighted by atomic mass is 35.5. The fourth-order valence-corrected chi connectivity index (χ4v) is 9.65. The number of imide groups is 2. The number of amides is 4. The number of hydrogen-bond donors (Lipinski definition) is 3. The Balaban J connectivity index is 0.951. The van der Waals surface area contributed by atoms with Gasteiger partial charge in [0, 0.05) is 85.2 Å². The van der Waals surface area contributed by atoms with E-state index in [1.807, 2.05) is 54.3 Å². The number of carboxylic acid groups (broad SMARTS) is 1. The summed E-state index contributed by atoms with van der Waals surface area (Å²) in [6.07, 6.45) is 2.28. The van der Waals surface area contributed by atoms with Crippen molar-refractivity contribution < 1.29 is 48.0 Å². The lowest BCUT2D eigenvalue weighted by Crippen LogP contribution is -2.54. The molecule has 0 radical (unpaired) electrons. The molecule has 2 aliphatic heterocycles. The van der Waals surface area contributed by atoms with E-state index in [1.165, 1.54) is 0 Å². The van der Waals surface area contributed by atoms with E-state index in [0.717, 1.165) is 78.9 Å². The quantitative estimate of drug-likeness (QED) is 0.0337. The van der Waals surface area contributed by atoms with E-state index in [-0.39, 0.29) is 18.4 Å². The Morgan fingerprint density at radius 2 is 1.66 bits per heavy atom. The summed E-state index contributed by atoms with van der Waals surface area (Å²) in [5.41, 5.74) is 9.03. The highest BCUT2D eigenvalue weighted by Gasteiger charge is 2.36. The summed E-state index contributed by atoms with van der Waals surface area (Å²) in [5.74, 6) is -1.96. The first-order chi connectivity index (χ1) is 33.8. The van der Waals surface area contributed by atoms with Crippen molar-refractivity contribution >= 4 is 58.3 Å². The lowest BCUT2D eigenvalue weighted by atomic mass is 9.98. The lowest BCUT2D eigenvalue weighted by molar-refractivity contribution is -0.139. The second kappa shape index (κ2) is 24.1. The number of para-hydroxylation sites is 1. The number of rotatable bonds is 24. The molecule has 2 saturated heterocycles. The number of nitrogens with one attached hydrogen (secondary N) is 2. The highest BCUT2D eigenvalue weighted by Crippen LogP contribution is 2.38. The molecule has 0 spiro atoms. The van der Waals surface area contributed by atoms with Gasteiger partial charge >= 0.3 is 5.97 Å². The van der Waals surface area contributed by atoms with Crippen molar-refractivity contribution in [2.75, 3.05) is 77.7 Å². The van der Waals surface area contributed by atoms with Crippen LogP contribution in [-0.2, 0) is 48.1 Å². The van der Waals surface area contributed by atoms with Gasteiger partial charge in [0.15, 0.2) is 0 Å². The normalized spacial score (nSPS) is 15.3. The Hall–Kier alpha value is -6.11. The van der Waals surface area contributed by atoms with Gasteiger partial charge in [-0.3, -0.25) is 39.0 Å². The van der Waals surface area contributed by atoms with Crippen LogP contribution in [0, 0.1) is 34.6 Å². The van der Waals surface area contributed by atoms with Crippen molar-refractivity contribution in [2.24, 2.45) is 0 Å². The van der Waals surface area contributed by atoms with Crippen molar-refractivity contribution in [3.8, 4) is 16.9 Å². The number of fused-ring (bicyclic) bond motifs is 1. The zero-order valence-electron chi connectivity index (χ0n) is 40.7. The summed E-state index contributed by atoms with van der Waals surface area (Å²) >= 11 is 6.39. The van der Waals surface area contributed by atoms with Crippen LogP contribution >= 0.6 is 11.6 Å². The van der Waals surface area contributed by atoms with Gasteiger partial charge in [-0.25, -0.2) is 4.79 Å². The number of nitrogens with zero attached hydrogens (tertiary/aromatic N) is 5. The molecule has 3 aromatic carbocycles. The Bertz CT molecular complexity index is 2690. The fourth-order valence-electron chi connectivity index (χ4n) is 9.54. The Labute approximate surface area is 413 Å². The minimum Gasteiger partial charge on any atom is -0.494 e. The SMILES string of the molecule is Cc1cc(OCCCc2c(C(=O)O)n(CCN3CCOCC3)c3c(-c4c(C)nn(CCCOCCOCCNc5cccc(C)c5C(=O)N(C=O)C5CCC(=O)NC5=O)c4C)cccc23)cc(C)c1Cl. The van der Waals surface area contributed by atoms with E-state index in [4.69, 9.17) is 35.6 Å². The molecule has 0 saturated carbocycles. The van der Waals surface area contributed by atoms with Crippen molar-refractivity contribution in [1.29, 1.82) is 0 Å². The van der Waals surface area contributed by atoms with Crippen molar-refractivity contribution in [3.05, 3.63) is 98.5 Å². The third-order valence-corrected chi connectivity index (χ3v) is 13.6. The molecule has 18 heteroatoms. The van der Waals surface area contributed by atoms with Crippen molar-refractivity contribution in [2.45, 2.75) is 85.9 Å². The van der Waals surface area contributed by atoms with Crippen molar-refractivity contribution in [3.63, 3.8) is 0 Å². The molecule has 4 heterocycles. The predicted molar refractivity (Wildman–Crippen MR) is 266 cm³/mol. The van der Waals surface area contributed by atoms with E-state index in [9.17, 15) is 29.1 Å². The third-order valence-electron chi connectivity index (χ3n) is 13.0. The van der Waals surface area contributed by atoms with Crippen LogP contribution in [0.1, 0.15) is 80.2 Å². The number of anilines is 1. The van der Waals surface area contributed by atoms with Crippen LogP contribution in [-0.4, -0.2) is 138 Å². The van der Waals surface area contributed by atoms with Gasteiger partial charge < -0.3 is 33.9 Å². The molecular weight excluding hydrogens is 918 g/mol. The van der Waals surface area contributed by atoms with Gasteiger partial charge in [-0.2, -0.15) is 5.10 Å². The van der Waals surface area contributed by atoms with Gasteiger partial charge in [0.1, 0.15) is 17.5 Å². The fraction of sp³-hybridized carbons (Fsp3) is 0.462. The van der Waals surface area contributed by atoms with E-state index >= 15 is 0 Å². The minimum absolute atomic E-state index is 0.0366. The first-order valence-corrected chi connectivity index (χ1v) is 24.4. The van der Waals surface area contributed by atoms with Crippen LogP contribution in [0.3, 0.4) is 0 Å². The average Bonchev–Trinajstić information content (AvgIpc) is 3.81. The molecular formula is C52H64ClN7O10. The number of ether oxygens (including phenoxy) is 4. The molecule has 4 amide bonds. The summed E-state index contributed by atoms with van der Waals surface area (Å²) < 4.78 is 27.5. The molecule has 2 fully saturated rings. The molecule has 374 valence electrons. The molecule has 1 unspecified atom stereocenters. The number of carbonyl (C=O) groups is 5. The molecule has 70 heavy (non-hydrogen) atoms. The number of morpholine rings is 1. The monoisotopic (exact) mass is 981 g/mol. The number of halogens is 1. The number of aryl methyl sites for hydroxylation is 6. The second-order valence-corrected chi connectivity index (χ2v) is 18.2. The zero-order valence-corrected chi connectivity index (χ0v) is 41.5. The van der Waals surface area contributed by atoms with Crippen LogP contribution in [0.5, 0.6) is 5.75 Å². The molecule has 5 aromatic rings. The summed E-state index contributed by atoms with van der Waals surface area (Å²) in [7, 11) is 0. The smallest absolute Gasteiger partial charge is 0.352 e. The second-order valence-electron chi connectivity index (χ2n) is 17.8. The molecule has 1 atom stereocenters. The zero-order chi connectivity index (χ0) is 49.9. The number of aromatic carboxylic acids is 1. The highest BCUT2D eigenvalue weighted by molar-refractivity contribution is 6.32. The number of benzene rings is 3. The molecule has 7 rings (SSSR count). The number of piperidine rings is 1. The summed E-state index contributed by atoms with van der Waals surface area (Å²) in [6.45, 7) is 16.7. The Kier molecular flexibility index (Phi) is 17.8. The van der Waals surface area contributed by atoms with E-state index < -0.39 is 29.7 Å². The molecule has 0 bridgehead atoms. The van der Waals surface area contributed by atoms with Gasteiger partial charge in [-0.05, 0) is 101 Å². The van der Waals surface area contributed by atoms with E-state index in [0.29, 0.717) is 115 Å². The lowest BCUT2D eigenvalue weighted by Gasteiger charge is -2.29. The van der Waals surface area contributed by atoms with E-state index in [1.54, 1.807) is 25.1 Å². The number of hydrogen-bond acceptors (Lipinski definition) is 12. The first kappa shape index (κ1) is 51.7. The van der Waals surface area contributed by atoms with Gasteiger partial charge in [0.05, 0.1) is 56.4 Å². The Morgan fingerprint density at radius 1 is 0.929 bits per heavy atom. The maximum atomic E-state index is 13.6. The number of carboxylic acids is 1. The maximum absolute atomic E-state index is 13.6. The summed E-state index contributed by atoms with van der Waals surface area (Å²) in [5, 5.41) is 22.9. The van der Waals surface area contributed by atoms with Crippen LogP contribution < -0.4 is 15.4 Å². The van der Waals surface area contributed by atoms with Gasteiger partial charge in [0.25, 0.3) is 5.91 Å². The Morgan fingerprint density at radius 3 is 2.37 bits per heavy atom. The van der Waals surface area contributed by atoms with Crippen LogP contribution in [0.2, 0.25) is 5.02 Å². The van der Waals surface area contributed by atoms with Crippen LogP contribution in [0.4, 0.5) is 5.69 Å². The minimum atomic E-state index is -1.07. The molecule has 2 aliphatic rings. The largest absolute Gasteiger partial charge is 0.494 e.